The Labute approximate surface area is 113 Å². The van der Waals surface area contributed by atoms with Gasteiger partial charge in [0.25, 0.3) is 0 Å². The first kappa shape index (κ1) is 14.2. The predicted molar refractivity (Wildman–Crippen MR) is 71.8 cm³/mol. The molecule has 19 heavy (non-hydrogen) atoms. The second kappa shape index (κ2) is 6.84. The number of rotatable bonds is 5. The maximum atomic E-state index is 14.4. The molecule has 1 heterocycles. The van der Waals surface area contributed by atoms with Crippen LogP contribution in [0.25, 0.3) is 0 Å². The normalized spacial score (nSPS) is 18.3. The molecule has 1 fully saturated rings. The minimum absolute atomic E-state index is 0.0469. The number of methoxy groups -OCH3 is 1. The van der Waals surface area contributed by atoms with E-state index in [1.807, 2.05) is 0 Å². The van der Waals surface area contributed by atoms with Gasteiger partial charge in [0.1, 0.15) is 0 Å². The number of hydrogen-bond donors (Lipinski definition) is 2. The molecule has 2 rings (SSSR count). The number of nitrogens with zero attached hydrogens (tertiary/aromatic N) is 1. The molecule has 5 heteroatoms. The summed E-state index contributed by atoms with van der Waals surface area (Å²) >= 11 is 0. The van der Waals surface area contributed by atoms with Gasteiger partial charge in [-0.15, -0.1) is 0 Å². The largest absolute Gasteiger partial charge is 0.494 e. The number of piperazine rings is 1. The van der Waals surface area contributed by atoms with Crippen molar-refractivity contribution in [1.29, 1.82) is 0 Å². The highest BCUT2D eigenvalue weighted by Crippen LogP contribution is 2.30. The summed E-state index contributed by atoms with van der Waals surface area (Å²) in [4.78, 5) is 2.21. The molecule has 0 saturated carbocycles. The minimum Gasteiger partial charge on any atom is -0.494 e. The molecule has 0 spiro atoms. The van der Waals surface area contributed by atoms with Crippen LogP contribution in [0.5, 0.6) is 5.75 Å². The lowest BCUT2D eigenvalue weighted by Gasteiger charge is -2.35. The molecule has 1 aliphatic rings. The summed E-state index contributed by atoms with van der Waals surface area (Å²) in [5.41, 5.74) is 0.607. The molecule has 0 aliphatic carbocycles. The number of ether oxygens (including phenoxy) is 1. The van der Waals surface area contributed by atoms with Gasteiger partial charge in [0, 0.05) is 44.4 Å². The first-order valence-electron chi connectivity index (χ1n) is 6.66. The maximum absolute atomic E-state index is 14.4. The molecule has 1 aromatic carbocycles. The standard InChI is InChI=1S/C14H21FN2O2/c1-19-13-4-2-3-11(14(13)15)12(5-10-18)17-8-6-16-7-9-17/h2-4,12,16,18H,5-10H2,1H3/t12-/m0/s1. The summed E-state index contributed by atoms with van der Waals surface area (Å²) in [5.74, 6) is -0.0578. The highest BCUT2D eigenvalue weighted by molar-refractivity contribution is 5.33. The average Bonchev–Trinajstić information content (AvgIpc) is 2.46. The monoisotopic (exact) mass is 268 g/mol. The summed E-state index contributed by atoms with van der Waals surface area (Å²) in [7, 11) is 1.47. The first-order chi connectivity index (χ1) is 9.27. The van der Waals surface area contributed by atoms with Gasteiger partial charge < -0.3 is 15.2 Å². The van der Waals surface area contributed by atoms with Crippen molar-refractivity contribution >= 4 is 0 Å². The number of nitrogens with one attached hydrogen (secondary N) is 1. The van der Waals surface area contributed by atoms with E-state index in [-0.39, 0.29) is 24.2 Å². The fraction of sp³-hybridized carbons (Fsp3) is 0.571. The molecule has 1 aromatic rings. The van der Waals surface area contributed by atoms with Crippen molar-refractivity contribution in [3.05, 3.63) is 29.6 Å². The molecule has 1 aliphatic heterocycles. The SMILES string of the molecule is COc1cccc([C@H](CCO)N2CCNCC2)c1F. The van der Waals surface area contributed by atoms with Crippen molar-refractivity contribution in [1.82, 2.24) is 10.2 Å². The van der Waals surface area contributed by atoms with Crippen molar-refractivity contribution in [2.75, 3.05) is 39.9 Å². The third-order valence-electron chi connectivity index (χ3n) is 3.57. The highest BCUT2D eigenvalue weighted by atomic mass is 19.1. The highest BCUT2D eigenvalue weighted by Gasteiger charge is 2.25. The Morgan fingerprint density at radius 2 is 2.16 bits per heavy atom. The Hall–Kier alpha value is -1.17. The van der Waals surface area contributed by atoms with E-state index in [0.29, 0.717) is 12.0 Å². The van der Waals surface area contributed by atoms with Gasteiger partial charge in [-0.3, -0.25) is 4.90 Å². The zero-order valence-electron chi connectivity index (χ0n) is 11.2. The predicted octanol–water partition coefficient (Wildman–Crippen LogP) is 1.16. The topological polar surface area (TPSA) is 44.7 Å². The molecule has 0 bridgehead atoms. The van der Waals surface area contributed by atoms with Crippen LogP contribution >= 0.6 is 0 Å². The quantitative estimate of drug-likeness (QED) is 0.841. The molecular weight excluding hydrogens is 247 g/mol. The number of hydrogen-bond acceptors (Lipinski definition) is 4. The molecule has 0 aromatic heterocycles. The van der Waals surface area contributed by atoms with Gasteiger partial charge in [0.05, 0.1) is 7.11 Å². The van der Waals surface area contributed by atoms with Crippen LogP contribution in [-0.2, 0) is 0 Å². The minimum atomic E-state index is -0.318. The first-order valence-corrected chi connectivity index (χ1v) is 6.66. The molecule has 0 unspecified atom stereocenters. The Morgan fingerprint density at radius 1 is 1.42 bits per heavy atom. The zero-order valence-corrected chi connectivity index (χ0v) is 11.2. The van der Waals surface area contributed by atoms with Crippen LogP contribution < -0.4 is 10.1 Å². The van der Waals surface area contributed by atoms with E-state index in [1.165, 1.54) is 7.11 Å². The van der Waals surface area contributed by atoms with Gasteiger partial charge >= 0.3 is 0 Å². The van der Waals surface area contributed by atoms with E-state index >= 15 is 0 Å². The van der Waals surface area contributed by atoms with Crippen molar-refractivity contribution in [3.8, 4) is 5.75 Å². The van der Waals surface area contributed by atoms with E-state index in [4.69, 9.17) is 4.74 Å². The Balaban J connectivity index is 2.27. The smallest absolute Gasteiger partial charge is 0.169 e. The van der Waals surface area contributed by atoms with Gasteiger partial charge in [0.2, 0.25) is 0 Å². The van der Waals surface area contributed by atoms with E-state index in [9.17, 15) is 9.50 Å². The fourth-order valence-electron chi connectivity index (χ4n) is 2.59. The van der Waals surface area contributed by atoms with Crippen LogP contribution in [0.3, 0.4) is 0 Å². The Morgan fingerprint density at radius 3 is 2.79 bits per heavy atom. The van der Waals surface area contributed by atoms with E-state index in [0.717, 1.165) is 26.2 Å². The lowest BCUT2D eigenvalue weighted by molar-refractivity contribution is 0.138. The van der Waals surface area contributed by atoms with Crippen molar-refractivity contribution in [2.45, 2.75) is 12.5 Å². The summed E-state index contributed by atoms with van der Waals surface area (Å²) in [6.45, 7) is 3.56. The van der Waals surface area contributed by atoms with Crippen molar-refractivity contribution in [3.63, 3.8) is 0 Å². The van der Waals surface area contributed by atoms with Crippen molar-refractivity contribution < 1.29 is 14.2 Å². The second-order valence-electron chi connectivity index (χ2n) is 4.68. The van der Waals surface area contributed by atoms with Crippen LogP contribution in [0, 0.1) is 5.82 Å². The van der Waals surface area contributed by atoms with Crippen LogP contribution in [0.4, 0.5) is 4.39 Å². The summed E-state index contributed by atoms with van der Waals surface area (Å²) in [6.07, 6.45) is 0.532. The molecule has 4 nitrogen and oxygen atoms in total. The third-order valence-corrected chi connectivity index (χ3v) is 3.57. The van der Waals surface area contributed by atoms with Gasteiger partial charge in [-0.05, 0) is 12.5 Å². The molecule has 0 amide bonds. The zero-order chi connectivity index (χ0) is 13.7. The second-order valence-corrected chi connectivity index (χ2v) is 4.68. The molecule has 1 atom stereocenters. The summed E-state index contributed by atoms with van der Waals surface area (Å²) < 4.78 is 19.4. The number of halogens is 1. The molecule has 0 radical (unpaired) electrons. The van der Waals surface area contributed by atoms with Gasteiger partial charge in [-0.1, -0.05) is 12.1 Å². The fourth-order valence-corrected chi connectivity index (χ4v) is 2.59. The summed E-state index contributed by atoms with van der Waals surface area (Å²) in [6, 6.07) is 5.10. The number of benzene rings is 1. The van der Waals surface area contributed by atoms with E-state index in [2.05, 4.69) is 10.2 Å². The van der Waals surface area contributed by atoms with Gasteiger partial charge in [-0.2, -0.15) is 0 Å². The van der Waals surface area contributed by atoms with Gasteiger partial charge in [-0.25, -0.2) is 4.39 Å². The van der Waals surface area contributed by atoms with E-state index < -0.39 is 0 Å². The van der Waals surface area contributed by atoms with Gasteiger partial charge in [0.15, 0.2) is 11.6 Å². The van der Waals surface area contributed by atoms with Crippen LogP contribution in [0.15, 0.2) is 18.2 Å². The molecule has 2 N–H and O–H groups in total. The van der Waals surface area contributed by atoms with E-state index in [1.54, 1.807) is 18.2 Å². The van der Waals surface area contributed by atoms with Crippen LogP contribution in [-0.4, -0.2) is 49.9 Å². The molecule has 1 saturated heterocycles. The molecule has 106 valence electrons. The maximum Gasteiger partial charge on any atom is 0.169 e. The average molecular weight is 268 g/mol. The Bertz CT molecular complexity index is 408. The lowest BCUT2D eigenvalue weighted by atomic mass is 10.0. The van der Waals surface area contributed by atoms with Crippen LogP contribution in [0.2, 0.25) is 0 Å². The van der Waals surface area contributed by atoms with Crippen LogP contribution in [0.1, 0.15) is 18.0 Å². The third kappa shape index (κ3) is 3.23. The molecular formula is C14H21FN2O2. The lowest BCUT2D eigenvalue weighted by Crippen LogP contribution is -2.45. The summed E-state index contributed by atoms with van der Waals surface area (Å²) in [5, 5.41) is 12.5. The Kier molecular flexibility index (Phi) is 5.13. The van der Waals surface area contributed by atoms with Crippen molar-refractivity contribution in [2.24, 2.45) is 0 Å². The number of aliphatic hydroxyl groups excluding tert-OH is 1. The number of aliphatic hydroxyl groups is 1.